The van der Waals surface area contributed by atoms with Gasteiger partial charge in [0.2, 0.25) is 6.29 Å². The predicted octanol–water partition coefficient (Wildman–Crippen LogP) is 8.05. The monoisotopic (exact) mass is 495 g/mol. The lowest BCUT2D eigenvalue weighted by molar-refractivity contribution is -0.112. The number of fused-ring (bicyclic) bond motifs is 1. The number of thioether (sulfide) groups is 1. The zero-order valence-corrected chi connectivity index (χ0v) is 20.1. The van der Waals surface area contributed by atoms with Gasteiger partial charge >= 0.3 is 0 Å². The molecule has 0 saturated carbocycles. The summed E-state index contributed by atoms with van der Waals surface area (Å²) in [7, 11) is 0. The molecule has 1 aliphatic rings. The number of benzene rings is 4. The number of hydrogen-bond acceptors (Lipinski definition) is 5. The number of oxazole rings is 1. The molecule has 0 amide bonds. The fourth-order valence-corrected chi connectivity index (χ4v) is 5.03. The van der Waals surface area contributed by atoms with E-state index in [-0.39, 0.29) is 12.4 Å². The predicted molar refractivity (Wildman–Crippen MR) is 138 cm³/mol. The van der Waals surface area contributed by atoms with Gasteiger partial charge in [-0.05, 0) is 12.1 Å². The molecular weight excluding hydrogens is 473 g/mol. The second-order valence-corrected chi connectivity index (χ2v) is 9.33. The Morgan fingerprint density at radius 3 is 2.22 bits per heavy atom. The molecule has 1 aliphatic heterocycles. The van der Waals surface area contributed by atoms with Gasteiger partial charge in [0.05, 0.1) is 6.61 Å². The van der Waals surface area contributed by atoms with Crippen molar-refractivity contribution in [2.45, 2.75) is 23.9 Å². The molecule has 0 N–H and O–H groups in total. The van der Waals surface area contributed by atoms with Crippen molar-refractivity contribution in [2.24, 2.45) is 0 Å². The highest BCUT2D eigenvalue weighted by Crippen LogP contribution is 2.40. The normalized spacial score (nSPS) is 14.8. The van der Waals surface area contributed by atoms with Crippen LogP contribution in [0.4, 0.5) is 4.39 Å². The molecule has 0 bridgehead atoms. The van der Waals surface area contributed by atoms with E-state index in [0.717, 1.165) is 27.9 Å². The molecule has 2 heterocycles. The molecule has 6 rings (SSSR count). The van der Waals surface area contributed by atoms with Crippen LogP contribution in [0.25, 0.3) is 22.6 Å². The van der Waals surface area contributed by atoms with Gasteiger partial charge in [0.25, 0.3) is 5.22 Å². The maximum Gasteiger partial charge on any atom is 0.257 e. The summed E-state index contributed by atoms with van der Waals surface area (Å²) in [4.78, 5) is 4.81. The molecule has 4 nitrogen and oxygen atoms in total. The number of ether oxygens (including phenoxy) is 2. The van der Waals surface area contributed by atoms with Crippen molar-refractivity contribution < 1.29 is 18.3 Å². The lowest BCUT2D eigenvalue weighted by Crippen LogP contribution is -2.19. The number of halogens is 1. The Balaban J connectivity index is 1.30. The highest BCUT2D eigenvalue weighted by atomic mass is 32.2. The van der Waals surface area contributed by atoms with Gasteiger partial charge in [0.15, 0.2) is 5.76 Å². The first kappa shape index (κ1) is 22.6. The zero-order valence-electron chi connectivity index (χ0n) is 19.3. The van der Waals surface area contributed by atoms with Crippen LogP contribution < -0.4 is 4.74 Å². The summed E-state index contributed by atoms with van der Waals surface area (Å²) in [5.41, 5.74) is 5.05. The van der Waals surface area contributed by atoms with E-state index in [1.807, 2.05) is 91.0 Å². The fourth-order valence-electron chi connectivity index (χ4n) is 4.24. The third-order valence-electron chi connectivity index (χ3n) is 5.94. The molecule has 0 saturated heterocycles. The minimum Gasteiger partial charge on any atom is -0.460 e. The molecule has 36 heavy (non-hydrogen) atoms. The minimum atomic E-state index is -0.538. The van der Waals surface area contributed by atoms with Gasteiger partial charge in [-0.1, -0.05) is 103 Å². The summed E-state index contributed by atoms with van der Waals surface area (Å²) < 4.78 is 32.7. The van der Waals surface area contributed by atoms with E-state index in [1.54, 1.807) is 0 Å². The van der Waals surface area contributed by atoms with Crippen LogP contribution in [0.5, 0.6) is 5.75 Å². The quantitative estimate of drug-likeness (QED) is 0.223. The van der Waals surface area contributed by atoms with Gasteiger partial charge in [-0.25, -0.2) is 9.37 Å². The highest BCUT2D eigenvalue weighted by molar-refractivity contribution is 7.98. The fraction of sp³-hybridized carbons (Fsp3) is 0.100. The van der Waals surface area contributed by atoms with E-state index >= 15 is 0 Å². The largest absolute Gasteiger partial charge is 0.460 e. The second kappa shape index (κ2) is 10.0. The Labute approximate surface area is 212 Å². The van der Waals surface area contributed by atoms with E-state index < -0.39 is 6.29 Å². The van der Waals surface area contributed by atoms with Crippen molar-refractivity contribution in [3.8, 4) is 28.3 Å². The Morgan fingerprint density at radius 2 is 1.50 bits per heavy atom. The number of nitrogens with zero attached hydrogens (tertiary/aromatic N) is 1. The smallest absolute Gasteiger partial charge is 0.257 e. The van der Waals surface area contributed by atoms with Crippen molar-refractivity contribution in [2.75, 3.05) is 0 Å². The first-order valence-electron chi connectivity index (χ1n) is 11.6. The maximum atomic E-state index is 14.5. The molecule has 6 heteroatoms. The molecule has 1 aromatic heterocycles. The molecule has 0 unspecified atom stereocenters. The van der Waals surface area contributed by atoms with Crippen LogP contribution in [0, 0.1) is 5.82 Å². The lowest BCUT2D eigenvalue weighted by Gasteiger charge is -2.28. The Kier molecular flexibility index (Phi) is 6.28. The maximum absolute atomic E-state index is 14.5. The second-order valence-electron chi connectivity index (χ2n) is 8.40. The van der Waals surface area contributed by atoms with Crippen LogP contribution in [0.2, 0.25) is 0 Å². The van der Waals surface area contributed by atoms with Crippen molar-refractivity contribution in [3.05, 3.63) is 126 Å². The number of hydrogen-bond donors (Lipinski definition) is 0. The van der Waals surface area contributed by atoms with Gasteiger partial charge in [-0.2, -0.15) is 0 Å². The minimum absolute atomic E-state index is 0.277. The first-order chi connectivity index (χ1) is 17.7. The van der Waals surface area contributed by atoms with Crippen LogP contribution in [-0.4, -0.2) is 4.98 Å². The highest BCUT2D eigenvalue weighted by Gasteiger charge is 2.26. The lowest BCUT2D eigenvalue weighted by atomic mass is 10.1. The zero-order chi connectivity index (χ0) is 24.3. The average molecular weight is 496 g/mol. The van der Waals surface area contributed by atoms with Crippen molar-refractivity contribution in [3.63, 3.8) is 0 Å². The van der Waals surface area contributed by atoms with E-state index in [4.69, 9.17) is 18.9 Å². The molecule has 0 fully saturated rings. The standard InChI is InChI=1S/C30H22FNO3S/c31-25-16-23-18-33-29(22-14-8-3-9-15-22)34-27(23)24(17-25)19-36-30-32-26(20-10-4-1-5-11-20)28(35-30)21-12-6-2-7-13-21/h1-17,29H,18-19H2/t29-/m1/s1. The van der Waals surface area contributed by atoms with Crippen LogP contribution in [-0.2, 0) is 17.1 Å². The van der Waals surface area contributed by atoms with Crippen LogP contribution >= 0.6 is 11.8 Å². The van der Waals surface area contributed by atoms with Crippen molar-refractivity contribution >= 4 is 11.8 Å². The molecule has 5 aromatic rings. The van der Waals surface area contributed by atoms with Crippen molar-refractivity contribution in [1.29, 1.82) is 0 Å². The van der Waals surface area contributed by atoms with E-state index in [1.165, 1.54) is 23.9 Å². The van der Waals surface area contributed by atoms with E-state index in [2.05, 4.69) is 0 Å². The summed E-state index contributed by atoms with van der Waals surface area (Å²) in [5.74, 6) is 1.48. The molecular formula is C30H22FNO3S. The van der Waals surface area contributed by atoms with Crippen LogP contribution in [0.3, 0.4) is 0 Å². The van der Waals surface area contributed by atoms with E-state index in [9.17, 15) is 4.39 Å². The molecule has 4 aromatic carbocycles. The SMILES string of the molecule is Fc1cc2c(c(CSc3nc(-c4ccccc4)c(-c4ccccc4)o3)c1)O[C@H](c1ccccc1)OC2. The summed E-state index contributed by atoms with van der Waals surface area (Å²) in [5, 5.41) is 0.511. The third-order valence-corrected chi connectivity index (χ3v) is 6.81. The molecule has 0 spiro atoms. The molecule has 0 aliphatic carbocycles. The molecule has 1 atom stereocenters. The van der Waals surface area contributed by atoms with Crippen molar-refractivity contribution in [1.82, 2.24) is 4.98 Å². The first-order valence-corrected chi connectivity index (χ1v) is 12.6. The Hall–Kier alpha value is -3.87. The summed E-state index contributed by atoms with van der Waals surface area (Å²) in [6.45, 7) is 0.277. The van der Waals surface area contributed by atoms with Gasteiger partial charge in [0, 0.05) is 33.6 Å². The van der Waals surface area contributed by atoms with Crippen LogP contribution in [0.1, 0.15) is 23.0 Å². The van der Waals surface area contributed by atoms with Gasteiger partial charge in [-0.3, -0.25) is 0 Å². The summed E-state index contributed by atoms with van der Waals surface area (Å²) in [6.07, 6.45) is -0.538. The summed E-state index contributed by atoms with van der Waals surface area (Å²) in [6, 6.07) is 32.6. The van der Waals surface area contributed by atoms with Crippen LogP contribution in [0.15, 0.2) is 113 Å². The topological polar surface area (TPSA) is 44.5 Å². The Bertz CT molecular complexity index is 1420. The Morgan fingerprint density at radius 1 is 0.833 bits per heavy atom. The van der Waals surface area contributed by atoms with Gasteiger partial charge in [-0.15, -0.1) is 0 Å². The van der Waals surface area contributed by atoms with E-state index in [0.29, 0.717) is 28.0 Å². The third kappa shape index (κ3) is 4.65. The molecule has 178 valence electrons. The molecule has 0 radical (unpaired) electrons. The number of rotatable bonds is 6. The number of aromatic nitrogens is 1. The summed E-state index contributed by atoms with van der Waals surface area (Å²) >= 11 is 1.41. The van der Waals surface area contributed by atoms with Gasteiger partial charge < -0.3 is 13.9 Å². The average Bonchev–Trinajstić information content (AvgIpc) is 3.37. The van der Waals surface area contributed by atoms with Gasteiger partial charge in [0.1, 0.15) is 17.3 Å².